The quantitative estimate of drug-likeness (QED) is 0.849. The van der Waals surface area contributed by atoms with E-state index in [2.05, 4.69) is 20.5 Å². The Hall–Kier alpha value is -1.82. The molecular formula is C14H18N4OS. The number of nitrogens with zero attached hydrogens (tertiary/aromatic N) is 2. The zero-order valence-electron chi connectivity index (χ0n) is 12.0. The summed E-state index contributed by atoms with van der Waals surface area (Å²) >= 11 is 1.34. The lowest BCUT2D eigenvalue weighted by molar-refractivity contribution is -0.115. The summed E-state index contributed by atoms with van der Waals surface area (Å²) in [5.41, 5.74) is 3.10. The highest BCUT2D eigenvalue weighted by atomic mass is 32.2. The lowest BCUT2D eigenvalue weighted by Gasteiger charge is -2.13. The molecule has 1 unspecified atom stereocenters. The van der Waals surface area contributed by atoms with Crippen LogP contribution >= 0.6 is 11.8 Å². The van der Waals surface area contributed by atoms with E-state index in [-0.39, 0.29) is 11.2 Å². The molecule has 0 saturated carbocycles. The van der Waals surface area contributed by atoms with Gasteiger partial charge >= 0.3 is 0 Å². The van der Waals surface area contributed by atoms with Crippen molar-refractivity contribution in [1.29, 1.82) is 0 Å². The van der Waals surface area contributed by atoms with Crippen LogP contribution in [0, 0.1) is 20.8 Å². The van der Waals surface area contributed by atoms with Gasteiger partial charge in [0.05, 0.1) is 5.25 Å². The van der Waals surface area contributed by atoms with Crippen LogP contribution in [0.4, 0.5) is 5.69 Å². The van der Waals surface area contributed by atoms with Crippen LogP contribution in [0.1, 0.15) is 23.9 Å². The van der Waals surface area contributed by atoms with Gasteiger partial charge in [0.25, 0.3) is 0 Å². The molecule has 0 spiro atoms. The minimum absolute atomic E-state index is 0.0499. The summed E-state index contributed by atoms with van der Waals surface area (Å²) in [4.78, 5) is 16.4. The summed E-state index contributed by atoms with van der Waals surface area (Å²) in [6, 6.07) is 5.88. The van der Waals surface area contributed by atoms with Gasteiger partial charge in [-0.2, -0.15) is 0 Å². The molecule has 1 atom stereocenters. The molecule has 2 N–H and O–H groups in total. The van der Waals surface area contributed by atoms with Crippen molar-refractivity contribution in [2.45, 2.75) is 38.1 Å². The standard InChI is InChI=1S/C14H18N4OS/c1-8-6-5-7-12(9(8)2)16-13(19)10(3)20-14-15-11(4)17-18-14/h5-7,10H,1-4H3,(H,16,19)(H,15,17,18). The van der Waals surface area contributed by atoms with Crippen molar-refractivity contribution in [3.05, 3.63) is 35.2 Å². The number of H-pyrrole nitrogens is 1. The molecule has 2 aromatic rings. The van der Waals surface area contributed by atoms with Crippen molar-refractivity contribution in [3.8, 4) is 0 Å². The molecule has 5 nitrogen and oxygen atoms in total. The number of anilines is 1. The molecular weight excluding hydrogens is 272 g/mol. The van der Waals surface area contributed by atoms with Gasteiger partial charge in [0.15, 0.2) is 0 Å². The van der Waals surface area contributed by atoms with Gasteiger partial charge in [-0.15, -0.1) is 5.10 Å². The van der Waals surface area contributed by atoms with Crippen LogP contribution in [0.5, 0.6) is 0 Å². The molecule has 1 amide bonds. The zero-order valence-corrected chi connectivity index (χ0v) is 12.8. The highest BCUT2D eigenvalue weighted by Gasteiger charge is 2.17. The highest BCUT2D eigenvalue weighted by molar-refractivity contribution is 8.00. The Kier molecular flexibility index (Phi) is 4.44. The molecule has 0 radical (unpaired) electrons. The van der Waals surface area contributed by atoms with Crippen molar-refractivity contribution in [2.24, 2.45) is 0 Å². The van der Waals surface area contributed by atoms with Gasteiger partial charge in [-0.25, -0.2) is 4.98 Å². The van der Waals surface area contributed by atoms with Crippen LogP contribution < -0.4 is 5.32 Å². The molecule has 0 bridgehead atoms. The summed E-state index contributed by atoms with van der Waals surface area (Å²) in [5.74, 6) is 0.695. The summed E-state index contributed by atoms with van der Waals surface area (Å²) < 4.78 is 0. The fraction of sp³-hybridized carbons (Fsp3) is 0.357. The van der Waals surface area contributed by atoms with Crippen molar-refractivity contribution < 1.29 is 4.79 Å². The monoisotopic (exact) mass is 290 g/mol. The molecule has 0 aliphatic carbocycles. The molecule has 0 saturated heterocycles. The van der Waals surface area contributed by atoms with Crippen molar-refractivity contribution in [3.63, 3.8) is 0 Å². The minimum Gasteiger partial charge on any atom is -0.325 e. The van der Waals surface area contributed by atoms with Crippen LogP contribution in [-0.4, -0.2) is 26.3 Å². The van der Waals surface area contributed by atoms with Gasteiger partial charge in [-0.05, 0) is 44.9 Å². The number of aromatic amines is 1. The Bertz CT molecular complexity index is 623. The van der Waals surface area contributed by atoms with Crippen LogP contribution in [0.2, 0.25) is 0 Å². The van der Waals surface area contributed by atoms with Gasteiger partial charge in [0, 0.05) is 5.69 Å². The maximum absolute atomic E-state index is 12.2. The molecule has 1 aromatic heterocycles. The van der Waals surface area contributed by atoms with Crippen LogP contribution in [0.25, 0.3) is 0 Å². The van der Waals surface area contributed by atoms with E-state index in [1.807, 2.05) is 45.9 Å². The summed E-state index contributed by atoms with van der Waals surface area (Å²) in [5, 5.41) is 10.1. The van der Waals surface area contributed by atoms with Crippen molar-refractivity contribution >= 4 is 23.4 Å². The molecule has 2 rings (SSSR count). The Labute approximate surface area is 122 Å². The highest BCUT2D eigenvalue weighted by Crippen LogP contribution is 2.22. The molecule has 6 heteroatoms. The van der Waals surface area contributed by atoms with E-state index in [0.717, 1.165) is 22.6 Å². The van der Waals surface area contributed by atoms with Crippen LogP contribution in [-0.2, 0) is 4.79 Å². The average molecular weight is 290 g/mol. The average Bonchev–Trinajstić information content (AvgIpc) is 2.80. The third-order valence-corrected chi connectivity index (χ3v) is 4.05. The number of carbonyl (C=O) groups excluding carboxylic acids is 1. The first kappa shape index (κ1) is 14.6. The number of hydrogen-bond donors (Lipinski definition) is 2. The molecule has 0 aliphatic rings. The second kappa shape index (κ2) is 6.09. The number of carbonyl (C=O) groups is 1. The number of thioether (sulfide) groups is 1. The van der Waals surface area contributed by atoms with E-state index in [1.165, 1.54) is 11.8 Å². The van der Waals surface area contributed by atoms with E-state index in [4.69, 9.17) is 0 Å². The number of aromatic nitrogens is 3. The number of nitrogens with one attached hydrogen (secondary N) is 2. The first-order valence-electron chi connectivity index (χ1n) is 6.40. The van der Waals surface area contributed by atoms with Crippen molar-refractivity contribution in [2.75, 3.05) is 5.32 Å². The van der Waals surface area contributed by atoms with E-state index >= 15 is 0 Å². The summed E-state index contributed by atoms with van der Waals surface area (Å²) in [6.07, 6.45) is 0. The lowest BCUT2D eigenvalue weighted by Crippen LogP contribution is -2.23. The number of rotatable bonds is 4. The Morgan fingerprint density at radius 3 is 2.75 bits per heavy atom. The Balaban J connectivity index is 2.02. The van der Waals surface area contributed by atoms with Gasteiger partial charge in [0.1, 0.15) is 5.82 Å². The fourth-order valence-electron chi connectivity index (χ4n) is 1.71. The molecule has 0 fully saturated rings. The van der Waals surface area contributed by atoms with Gasteiger partial charge in [-0.1, -0.05) is 23.9 Å². The predicted octanol–water partition coefficient (Wildman–Crippen LogP) is 2.85. The van der Waals surface area contributed by atoms with Crippen LogP contribution in [0.15, 0.2) is 23.4 Å². The summed E-state index contributed by atoms with van der Waals surface area (Å²) in [6.45, 7) is 7.70. The SMILES string of the molecule is Cc1nc(SC(C)C(=O)Nc2cccc(C)c2C)n[nH]1. The normalized spacial score (nSPS) is 12.2. The second-order valence-electron chi connectivity index (χ2n) is 4.70. The molecule has 20 heavy (non-hydrogen) atoms. The van der Waals surface area contributed by atoms with E-state index in [1.54, 1.807) is 0 Å². The third-order valence-electron chi connectivity index (χ3n) is 3.09. The molecule has 1 aromatic carbocycles. The predicted molar refractivity (Wildman–Crippen MR) is 81.0 cm³/mol. The molecule has 1 heterocycles. The van der Waals surface area contributed by atoms with Gasteiger partial charge in [-0.3, -0.25) is 9.89 Å². The van der Waals surface area contributed by atoms with Crippen molar-refractivity contribution in [1.82, 2.24) is 15.2 Å². The molecule has 0 aliphatic heterocycles. The first-order chi connectivity index (χ1) is 9.47. The van der Waals surface area contributed by atoms with E-state index in [9.17, 15) is 4.79 Å². The third kappa shape index (κ3) is 3.39. The topological polar surface area (TPSA) is 70.7 Å². The smallest absolute Gasteiger partial charge is 0.237 e. The van der Waals surface area contributed by atoms with E-state index < -0.39 is 0 Å². The number of aryl methyl sites for hydroxylation is 2. The maximum atomic E-state index is 12.2. The Morgan fingerprint density at radius 1 is 1.35 bits per heavy atom. The maximum Gasteiger partial charge on any atom is 0.237 e. The lowest BCUT2D eigenvalue weighted by atomic mass is 10.1. The first-order valence-corrected chi connectivity index (χ1v) is 7.28. The number of amides is 1. The van der Waals surface area contributed by atoms with Crippen LogP contribution in [0.3, 0.4) is 0 Å². The van der Waals surface area contributed by atoms with Gasteiger partial charge in [0.2, 0.25) is 11.1 Å². The largest absolute Gasteiger partial charge is 0.325 e. The summed E-state index contributed by atoms with van der Waals surface area (Å²) in [7, 11) is 0. The second-order valence-corrected chi connectivity index (χ2v) is 6.01. The zero-order chi connectivity index (χ0) is 14.7. The van der Waals surface area contributed by atoms with E-state index in [0.29, 0.717) is 5.16 Å². The minimum atomic E-state index is -0.259. The fourth-order valence-corrected chi connectivity index (χ4v) is 2.48. The molecule has 106 valence electrons. The van der Waals surface area contributed by atoms with Gasteiger partial charge < -0.3 is 5.32 Å². The number of benzene rings is 1. The Morgan fingerprint density at radius 2 is 2.10 bits per heavy atom. The number of hydrogen-bond acceptors (Lipinski definition) is 4.